The molecule has 4 rings (SSSR count). The lowest BCUT2D eigenvalue weighted by molar-refractivity contribution is -0.158. The highest BCUT2D eigenvalue weighted by molar-refractivity contribution is 7.16. The summed E-state index contributed by atoms with van der Waals surface area (Å²) in [6, 6.07) is 1.16. The van der Waals surface area contributed by atoms with Crippen molar-refractivity contribution in [1.82, 2.24) is 15.2 Å². The van der Waals surface area contributed by atoms with E-state index in [-0.39, 0.29) is 27.2 Å². The predicted molar refractivity (Wildman–Crippen MR) is 111 cm³/mol. The molecule has 1 fully saturated rings. The number of carboxylic acid groups (broad SMARTS) is 1. The zero-order valence-corrected chi connectivity index (χ0v) is 17.9. The van der Waals surface area contributed by atoms with E-state index in [4.69, 9.17) is 0 Å². The minimum Gasteiger partial charge on any atom is -0.477 e. The molecule has 0 spiro atoms. The fourth-order valence-electron chi connectivity index (χ4n) is 3.79. The van der Waals surface area contributed by atoms with Crippen LogP contribution in [0.4, 0.5) is 5.13 Å². The number of rotatable bonds is 5. The van der Waals surface area contributed by atoms with Crippen LogP contribution in [0, 0.1) is 0 Å². The number of amides is 3. The van der Waals surface area contributed by atoms with Gasteiger partial charge < -0.3 is 15.7 Å². The smallest absolute Gasteiger partial charge is 0.353 e. The highest BCUT2D eigenvalue weighted by Gasteiger charge is 2.60. The lowest BCUT2D eigenvalue weighted by Crippen LogP contribution is -2.69. The van der Waals surface area contributed by atoms with Crippen LogP contribution >= 0.6 is 22.7 Å². The van der Waals surface area contributed by atoms with E-state index in [0.717, 1.165) is 16.2 Å². The van der Waals surface area contributed by atoms with Crippen LogP contribution in [0.2, 0.25) is 0 Å². The number of aliphatic carboxylic acids is 1. The van der Waals surface area contributed by atoms with Crippen molar-refractivity contribution in [2.75, 3.05) is 5.32 Å². The average Bonchev–Trinajstić information content (AvgIpc) is 3.35. The molecule has 4 heterocycles. The number of β-lactam (4-membered cyclic amide) rings is 1. The van der Waals surface area contributed by atoms with Crippen molar-refractivity contribution in [2.45, 2.75) is 31.8 Å². The summed E-state index contributed by atoms with van der Waals surface area (Å²) >= 11 is 2.25. The van der Waals surface area contributed by atoms with E-state index in [1.165, 1.54) is 31.4 Å². The Bertz CT molecular complexity index is 1150. The third-order valence-electron chi connectivity index (χ3n) is 4.91. The zero-order chi connectivity index (χ0) is 22.4. The van der Waals surface area contributed by atoms with Crippen molar-refractivity contribution >= 4 is 62.9 Å². The molecule has 3 unspecified atom stereocenters. The van der Waals surface area contributed by atoms with Gasteiger partial charge in [0.1, 0.15) is 23.7 Å². The number of hydrogen-bond donors (Lipinski definition) is 3. The Morgan fingerprint density at radius 2 is 1.94 bits per heavy atom. The number of carbonyl (C=O) groups excluding carboxylic acids is 4. The second-order valence-electron chi connectivity index (χ2n) is 6.96. The van der Waals surface area contributed by atoms with Gasteiger partial charge in [0.25, 0.3) is 0 Å². The summed E-state index contributed by atoms with van der Waals surface area (Å²) in [5.41, 5.74) is -0.407. The minimum absolute atomic E-state index is 0.0315. The number of carbonyl (C=O) groups is 5. The van der Waals surface area contributed by atoms with Crippen LogP contribution in [-0.4, -0.2) is 56.5 Å². The standard InChI is InChI=1S/C19H16N4O6S2/c1-7(24)21-13-11(10-6-20-19(31-10)22-8(2)25)15(18(28)29)23-14(16(13)26)12(17(23)27)9-4-3-5-30-9/h3-6,12-14H,1-2H3,(H,21,24)(H,28,29)(H,20,22,25). The van der Waals surface area contributed by atoms with Gasteiger partial charge in [0.15, 0.2) is 10.9 Å². The van der Waals surface area contributed by atoms with Gasteiger partial charge in [-0.1, -0.05) is 17.4 Å². The number of hydrogen-bond acceptors (Lipinski definition) is 8. The molecule has 10 nitrogen and oxygen atoms in total. The summed E-state index contributed by atoms with van der Waals surface area (Å²) in [6.07, 6.45) is 1.30. The van der Waals surface area contributed by atoms with Crippen LogP contribution in [0.5, 0.6) is 0 Å². The molecule has 3 N–H and O–H groups in total. The average molecular weight is 460 g/mol. The van der Waals surface area contributed by atoms with Crippen molar-refractivity contribution in [1.29, 1.82) is 0 Å². The Balaban J connectivity index is 1.87. The number of thiazole rings is 1. The lowest BCUT2D eigenvalue weighted by Gasteiger charge is -2.50. The van der Waals surface area contributed by atoms with Crippen molar-refractivity contribution in [2.24, 2.45) is 0 Å². The quantitative estimate of drug-likeness (QED) is 0.565. The van der Waals surface area contributed by atoms with Gasteiger partial charge in [-0.05, 0) is 11.4 Å². The van der Waals surface area contributed by atoms with Crippen LogP contribution in [0.1, 0.15) is 29.5 Å². The van der Waals surface area contributed by atoms with Crippen molar-refractivity contribution in [3.05, 3.63) is 39.2 Å². The van der Waals surface area contributed by atoms with E-state index < -0.39 is 41.6 Å². The molecule has 1 saturated heterocycles. The van der Waals surface area contributed by atoms with Crippen molar-refractivity contribution in [3.8, 4) is 0 Å². The summed E-state index contributed by atoms with van der Waals surface area (Å²) in [5, 5.41) is 16.9. The van der Waals surface area contributed by atoms with Gasteiger partial charge in [0.2, 0.25) is 17.7 Å². The van der Waals surface area contributed by atoms with Crippen molar-refractivity contribution in [3.63, 3.8) is 0 Å². The highest BCUT2D eigenvalue weighted by Crippen LogP contribution is 2.47. The summed E-state index contributed by atoms with van der Waals surface area (Å²) in [6.45, 7) is 2.51. The highest BCUT2D eigenvalue weighted by atomic mass is 32.1. The first-order valence-corrected chi connectivity index (χ1v) is 10.8. The van der Waals surface area contributed by atoms with E-state index in [0.29, 0.717) is 4.88 Å². The summed E-state index contributed by atoms with van der Waals surface area (Å²) < 4.78 is 0. The van der Waals surface area contributed by atoms with Crippen LogP contribution in [0.15, 0.2) is 29.4 Å². The second-order valence-corrected chi connectivity index (χ2v) is 8.97. The molecule has 3 atom stereocenters. The maximum atomic E-state index is 13.4. The Labute approximate surface area is 183 Å². The molecule has 2 aromatic heterocycles. The zero-order valence-electron chi connectivity index (χ0n) is 16.2. The number of nitrogens with one attached hydrogen (secondary N) is 2. The van der Waals surface area contributed by atoms with Gasteiger partial charge in [0.05, 0.1) is 4.88 Å². The van der Waals surface area contributed by atoms with E-state index in [1.54, 1.807) is 17.5 Å². The number of aromatic nitrogens is 1. The van der Waals surface area contributed by atoms with Crippen LogP contribution in [0.3, 0.4) is 0 Å². The molecule has 0 bridgehead atoms. The fourth-order valence-corrected chi connectivity index (χ4v) is 5.57. The number of Topliss-reactive ketones (excluding diaryl/α,β-unsaturated/α-hetero) is 1. The molecular formula is C19H16N4O6S2. The van der Waals surface area contributed by atoms with Gasteiger partial charge >= 0.3 is 5.97 Å². The first-order chi connectivity index (χ1) is 14.7. The molecule has 2 aliphatic rings. The molecule has 0 aromatic carbocycles. The van der Waals surface area contributed by atoms with E-state index >= 15 is 0 Å². The third-order valence-corrected chi connectivity index (χ3v) is 6.81. The third kappa shape index (κ3) is 3.43. The number of fused-ring (bicyclic) bond motifs is 1. The number of thiophene rings is 1. The molecule has 3 amide bonds. The van der Waals surface area contributed by atoms with E-state index in [9.17, 15) is 29.1 Å². The van der Waals surface area contributed by atoms with Gasteiger partial charge in [-0.25, -0.2) is 9.78 Å². The molecule has 2 aromatic rings. The predicted octanol–water partition coefficient (Wildman–Crippen LogP) is 1.04. The van der Waals surface area contributed by atoms with Crippen molar-refractivity contribution < 1.29 is 29.1 Å². The number of carboxylic acids is 1. The molecule has 12 heteroatoms. The molecular weight excluding hydrogens is 444 g/mol. The van der Waals surface area contributed by atoms with Gasteiger partial charge in [0, 0.05) is 30.5 Å². The fraction of sp³-hybridized carbons (Fsp3) is 0.263. The first kappa shape index (κ1) is 20.9. The van der Waals surface area contributed by atoms with E-state index in [1.807, 2.05) is 0 Å². The topological polar surface area (TPSA) is 146 Å². The van der Waals surface area contributed by atoms with Gasteiger partial charge in [-0.2, -0.15) is 0 Å². The number of anilines is 1. The number of nitrogens with zero attached hydrogens (tertiary/aromatic N) is 2. The maximum Gasteiger partial charge on any atom is 0.353 e. The normalized spacial score (nSPS) is 22.6. The second kappa shape index (κ2) is 7.71. The Kier molecular flexibility index (Phi) is 5.19. The number of ketones is 1. The molecule has 160 valence electrons. The Morgan fingerprint density at radius 1 is 1.19 bits per heavy atom. The minimum atomic E-state index is -1.41. The SMILES string of the molecule is CC(=O)Nc1ncc(C2=C(C(=O)O)N3C(=O)C(c4cccs4)C3C(=O)C2NC(C)=O)s1. The molecule has 0 radical (unpaired) electrons. The van der Waals surface area contributed by atoms with Gasteiger partial charge in [-0.15, -0.1) is 11.3 Å². The van der Waals surface area contributed by atoms with Crippen LogP contribution in [-0.2, 0) is 24.0 Å². The largest absolute Gasteiger partial charge is 0.477 e. The Morgan fingerprint density at radius 3 is 2.52 bits per heavy atom. The summed E-state index contributed by atoms with van der Waals surface area (Å²) in [7, 11) is 0. The molecule has 31 heavy (non-hydrogen) atoms. The van der Waals surface area contributed by atoms with E-state index in [2.05, 4.69) is 15.6 Å². The summed E-state index contributed by atoms with van der Waals surface area (Å²) in [4.78, 5) is 67.7. The lowest BCUT2D eigenvalue weighted by atomic mass is 9.75. The van der Waals surface area contributed by atoms with Gasteiger partial charge in [-0.3, -0.25) is 24.1 Å². The molecule has 0 saturated carbocycles. The monoisotopic (exact) mass is 460 g/mol. The molecule has 2 aliphatic heterocycles. The first-order valence-electron chi connectivity index (χ1n) is 9.09. The maximum absolute atomic E-state index is 13.4. The summed E-state index contributed by atoms with van der Waals surface area (Å²) in [5.74, 6) is -4.08. The molecule has 0 aliphatic carbocycles. The Hall–Kier alpha value is -3.38. The van der Waals surface area contributed by atoms with Crippen LogP contribution in [0.25, 0.3) is 5.57 Å². The van der Waals surface area contributed by atoms with Crippen LogP contribution < -0.4 is 10.6 Å².